The van der Waals surface area contributed by atoms with Crippen LogP contribution >= 0.6 is 0 Å². The van der Waals surface area contributed by atoms with Crippen LogP contribution in [0.3, 0.4) is 0 Å². The Bertz CT molecular complexity index is 963. The maximum atomic E-state index is 11.6. The quantitative estimate of drug-likeness (QED) is 0.187. The van der Waals surface area contributed by atoms with E-state index in [0.29, 0.717) is 0 Å². The average Bonchev–Trinajstić information content (AvgIpc) is 3.16. The number of hydrogen-bond donors (Lipinski definition) is 2. The molecule has 34 heavy (non-hydrogen) atoms. The van der Waals surface area contributed by atoms with Crippen molar-refractivity contribution >= 4 is 21.5 Å². The van der Waals surface area contributed by atoms with E-state index in [0.717, 1.165) is 30.8 Å². The number of benzene rings is 2. The van der Waals surface area contributed by atoms with Gasteiger partial charge in [0.05, 0.1) is 22.4 Å². The third kappa shape index (κ3) is 8.31. The monoisotopic (exact) mass is 486 g/mol. The van der Waals surface area contributed by atoms with Gasteiger partial charge in [-0.1, -0.05) is 108 Å². The van der Waals surface area contributed by atoms with E-state index in [4.69, 9.17) is 0 Å². The third-order valence-corrected chi connectivity index (χ3v) is 7.65. The third-order valence-electron chi connectivity index (χ3n) is 6.80. The van der Waals surface area contributed by atoms with Crippen molar-refractivity contribution < 1.29 is 13.0 Å². The zero-order valence-electron chi connectivity index (χ0n) is 20.7. The minimum absolute atomic E-state index is 0.0653. The lowest BCUT2D eigenvalue weighted by atomic mass is 10.0. The number of hydrogen-bond acceptors (Lipinski definition) is 4. The van der Waals surface area contributed by atoms with Gasteiger partial charge in [0.25, 0.3) is 10.1 Å². The second-order valence-corrected chi connectivity index (χ2v) is 11.0. The van der Waals surface area contributed by atoms with E-state index in [2.05, 4.69) is 29.3 Å². The summed E-state index contributed by atoms with van der Waals surface area (Å²) in [6.07, 6.45) is 17.1. The molecule has 0 fully saturated rings. The van der Waals surface area contributed by atoms with Gasteiger partial charge in [-0.15, -0.1) is 0 Å². The molecule has 0 saturated carbocycles. The molecule has 6 heteroatoms. The summed E-state index contributed by atoms with van der Waals surface area (Å²) in [5, 5.41) is 3.51. The van der Waals surface area contributed by atoms with Crippen molar-refractivity contribution in [2.45, 2.75) is 108 Å². The molecule has 1 atom stereocenters. The van der Waals surface area contributed by atoms with E-state index in [1.165, 1.54) is 82.3 Å². The molecule has 0 spiro atoms. The fourth-order valence-corrected chi connectivity index (χ4v) is 5.36. The van der Waals surface area contributed by atoms with Crippen LogP contribution in [-0.2, 0) is 16.7 Å². The van der Waals surface area contributed by atoms with E-state index < -0.39 is 10.1 Å². The molecule has 1 heterocycles. The van der Waals surface area contributed by atoms with Crippen molar-refractivity contribution in [1.29, 1.82) is 0 Å². The topological polar surface area (TPSA) is 69.6 Å². The Balaban J connectivity index is 1.45. The highest BCUT2D eigenvalue weighted by Crippen LogP contribution is 2.38. The van der Waals surface area contributed by atoms with Crippen LogP contribution in [-0.4, -0.2) is 19.1 Å². The molecular weight excluding hydrogens is 444 g/mol. The number of anilines is 2. The van der Waals surface area contributed by atoms with Gasteiger partial charge in [-0.25, -0.2) is 0 Å². The Labute approximate surface area is 206 Å². The summed E-state index contributed by atoms with van der Waals surface area (Å²) in [5.74, 6) is 0. The summed E-state index contributed by atoms with van der Waals surface area (Å²) in [6, 6.07) is 15.2. The zero-order chi connectivity index (χ0) is 24.2. The van der Waals surface area contributed by atoms with Crippen molar-refractivity contribution in [2.75, 3.05) is 10.2 Å². The van der Waals surface area contributed by atoms with E-state index in [1.54, 1.807) is 12.1 Å². The molecule has 2 aromatic rings. The number of rotatable bonds is 16. The Kier molecular flexibility index (Phi) is 10.7. The summed E-state index contributed by atoms with van der Waals surface area (Å²) < 4.78 is 32.6. The van der Waals surface area contributed by atoms with Crippen LogP contribution in [0.5, 0.6) is 0 Å². The van der Waals surface area contributed by atoms with E-state index >= 15 is 0 Å². The van der Waals surface area contributed by atoms with E-state index in [-0.39, 0.29) is 11.1 Å². The van der Waals surface area contributed by atoms with Gasteiger partial charge in [0.1, 0.15) is 0 Å². The molecule has 2 aromatic carbocycles. The summed E-state index contributed by atoms with van der Waals surface area (Å²) in [5.41, 5.74) is 2.98. The Hall–Kier alpha value is -2.05. The highest BCUT2D eigenvalue weighted by atomic mass is 32.2. The fourth-order valence-electron chi connectivity index (χ4n) is 4.85. The van der Waals surface area contributed by atoms with Crippen molar-refractivity contribution in [3.8, 4) is 0 Å². The second-order valence-electron chi connectivity index (χ2n) is 9.61. The lowest BCUT2D eigenvalue weighted by Gasteiger charge is -2.27. The molecule has 0 radical (unpaired) electrons. The number of fused-ring (bicyclic) bond motifs is 1. The number of nitrogens with one attached hydrogen (secondary N) is 1. The molecule has 2 N–H and O–H groups in total. The molecular formula is C28H42N2O3S. The Morgan fingerprint density at radius 1 is 0.824 bits per heavy atom. The van der Waals surface area contributed by atoms with Crippen LogP contribution in [0.1, 0.15) is 96.0 Å². The first-order chi connectivity index (χ1) is 16.5. The van der Waals surface area contributed by atoms with Crippen molar-refractivity contribution in [3.63, 3.8) is 0 Å². The van der Waals surface area contributed by atoms with Crippen molar-refractivity contribution in [3.05, 3.63) is 54.1 Å². The molecule has 3 rings (SSSR count). The van der Waals surface area contributed by atoms with Gasteiger partial charge >= 0.3 is 0 Å². The number of unbranched alkanes of at least 4 members (excludes halogenated alkanes) is 11. The maximum absolute atomic E-state index is 11.6. The summed E-state index contributed by atoms with van der Waals surface area (Å²) in [7, 11) is -4.22. The van der Waals surface area contributed by atoms with Gasteiger partial charge in [-0.05, 0) is 36.6 Å². The molecule has 0 aliphatic carbocycles. The predicted octanol–water partition coefficient (Wildman–Crippen LogP) is 7.78. The zero-order valence-corrected chi connectivity index (χ0v) is 21.5. The molecule has 0 saturated heterocycles. The highest BCUT2D eigenvalue weighted by molar-refractivity contribution is 7.85. The molecule has 0 aromatic heterocycles. The van der Waals surface area contributed by atoms with Crippen LogP contribution in [0.15, 0.2) is 53.4 Å². The summed E-state index contributed by atoms with van der Waals surface area (Å²) in [4.78, 5) is 2.25. The van der Waals surface area contributed by atoms with Gasteiger partial charge in [-0.3, -0.25) is 4.55 Å². The molecule has 188 valence electrons. The van der Waals surface area contributed by atoms with Crippen LogP contribution in [0, 0.1) is 0 Å². The van der Waals surface area contributed by atoms with Crippen LogP contribution in [0.4, 0.5) is 11.4 Å². The smallest absolute Gasteiger partial charge is 0.294 e. The first-order valence-electron chi connectivity index (χ1n) is 13.2. The molecule has 1 aliphatic rings. The minimum atomic E-state index is -4.22. The fraction of sp³-hybridized carbons (Fsp3) is 0.571. The van der Waals surface area contributed by atoms with E-state index in [9.17, 15) is 13.0 Å². The first-order valence-corrected chi connectivity index (χ1v) is 14.6. The largest absolute Gasteiger partial charge is 0.363 e. The average molecular weight is 487 g/mol. The molecule has 5 nitrogen and oxygen atoms in total. The Morgan fingerprint density at radius 3 is 2.00 bits per heavy atom. The predicted molar refractivity (Wildman–Crippen MR) is 142 cm³/mol. The highest BCUT2D eigenvalue weighted by Gasteiger charge is 2.29. The molecule has 1 aliphatic heterocycles. The number of nitrogens with zero attached hydrogens (tertiary/aromatic N) is 1. The SMILES string of the molecule is CCCCCCCCCCCCCCC1Nc2cc(S(=O)(=O)O)ccc2N1Cc1ccccc1. The normalized spacial score (nSPS) is 15.4. The van der Waals surface area contributed by atoms with Crippen molar-refractivity contribution in [1.82, 2.24) is 0 Å². The standard InChI is InChI=1S/C28H42N2O3S/c1-2-3-4-5-6-7-8-9-10-11-12-16-19-28-29-26-22-25(34(31,32)33)20-21-27(26)30(28)23-24-17-14-13-15-18-24/h13-15,17-18,20-22,28-29H,2-12,16,19,23H2,1H3,(H,31,32,33). The lowest BCUT2D eigenvalue weighted by molar-refractivity contribution is 0.483. The first kappa shape index (κ1) is 26.6. The molecule has 0 amide bonds. The summed E-state index contributed by atoms with van der Waals surface area (Å²) in [6.45, 7) is 3.02. The van der Waals surface area contributed by atoms with Gasteiger partial charge in [-0.2, -0.15) is 8.42 Å². The van der Waals surface area contributed by atoms with Gasteiger partial charge in [0, 0.05) is 6.54 Å². The van der Waals surface area contributed by atoms with Crippen LogP contribution < -0.4 is 10.2 Å². The van der Waals surface area contributed by atoms with Gasteiger partial charge in [0.15, 0.2) is 0 Å². The summed E-state index contributed by atoms with van der Waals surface area (Å²) >= 11 is 0. The van der Waals surface area contributed by atoms with Crippen LogP contribution in [0.25, 0.3) is 0 Å². The van der Waals surface area contributed by atoms with Crippen molar-refractivity contribution in [2.24, 2.45) is 0 Å². The Morgan fingerprint density at radius 2 is 1.41 bits per heavy atom. The lowest BCUT2D eigenvalue weighted by Crippen LogP contribution is -2.35. The second kappa shape index (κ2) is 13.7. The van der Waals surface area contributed by atoms with E-state index in [1.807, 2.05) is 18.2 Å². The van der Waals surface area contributed by atoms with Gasteiger partial charge in [0.2, 0.25) is 0 Å². The van der Waals surface area contributed by atoms with Gasteiger partial charge < -0.3 is 10.2 Å². The molecule has 1 unspecified atom stereocenters. The molecule has 0 bridgehead atoms. The van der Waals surface area contributed by atoms with Crippen LogP contribution in [0.2, 0.25) is 0 Å². The maximum Gasteiger partial charge on any atom is 0.294 e. The minimum Gasteiger partial charge on any atom is -0.363 e.